The molecule has 0 aromatic heterocycles. The molecule has 18 heavy (non-hydrogen) atoms. The number of hydrogen-bond donors (Lipinski definition) is 2. The Morgan fingerprint density at radius 2 is 1.94 bits per heavy atom. The van der Waals surface area contributed by atoms with E-state index in [2.05, 4.69) is 19.2 Å². The summed E-state index contributed by atoms with van der Waals surface area (Å²) in [6, 6.07) is 7.22. The van der Waals surface area contributed by atoms with Crippen LogP contribution in [0, 0.1) is 5.92 Å². The zero-order valence-electron chi connectivity index (χ0n) is 11.3. The molecule has 2 N–H and O–H groups in total. The van der Waals surface area contributed by atoms with Crippen LogP contribution in [0.15, 0.2) is 24.3 Å². The molecule has 3 heteroatoms. The standard InChI is InChI=1S/C15H23NO2/c1-3-12(4-2)11-16-10-9-13-7-5-6-8-14(13)15(17)18/h5-8,12,16H,3-4,9-11H2,1-2H3,(H,17,18). The van der Waals surface area contributed by atoms with Crippen LogP contribution in [-0.2, 0) is 6.42 Å². The summed E-state index contributed by atoms with van der Waals surface area (Å²) in [6.45, 7) is 6.26. The largest absolute Gasteiger partial charge is 0.478 e. The summed E-state index contributed by atoms with van der Waals surface area (Å²) in [6.07, 6.45) is 3.15. The summed E-state index contributed by atoms with van der Waals surface area (Å²) in [5, 5.41) is 12.5. The van der Waals surface area contributed by atoms with E-state index in [0.29, 0.717) is 5.56 Å². The van der Waals surface area contributed by atoms with Crippen molar-refractivity contribution in [3.63, 3.8) is 0 Å². The summed E-state index contributed by atoms with van der Waals surface area (Å²) in [5.41, 5.74) is 1.32. The van der Waals surface area contributed by atoms with E-state index in [1.807, 2.05) is 12.1 Å². The van der Waals surface area contributed by atoms with Crippen LogP contribution in [0.25, 0.3) is 0 Å². The van der Waals surface area contributed by atoms with E-state index in [1.165, 1.54) is 12.8 Å². The maximum Gasteiger partial charge on any atom is 0.335 e. The van der Waals surface area contributed by atoms with Gasteiger partial charge in [-0.15, -0.1) is 0 Å². The van der Waals surface area contributed by atoms with Crippen LogP contribution in [0.4, 0.5) is 0 Å². The Kier molecular flexibility index (Phi) is 6.44. The van der Waals surface area contributed by atoms with Gasteiger partial charge >= 0.3 is 5.97 Å². The molecule has 0 spiro atoms. The Labute approximate surface area is 109 Å². The molecule has 0 unspecified atom stereocenters. The molecule has 0 saturated carbocycles. The van der Waals surface area contributed by atoms with Crippen LogP contribution in [0.3, 0.4) is 0 Å². The molecule has 0 bridgehead atoms. The Morgan fingerprint density at radius 1 is 1.28 bits per heavy atom. The molecule has 100 valence electrons. The van der Waals surface area contributed by atoms with E-state index in [4.69, 9.17) is 5.11 Å². The predicted octanol–water partition coefficient (Wildman–Crippen LogP) is 2.95. The second-order valence-corrected chi connectivity index (χ2v) is 4.60. The fourth-order valence-electron chi connectivity index (χ4n) is 2.05. The highest BCUT2D eigenvalue weighted by Gasteiger charge is 2.08. The van der Waals surface area contributed by atoms with Crippen LogP contribution >= 0.6 is 0 Å². The van der Waals surface area contributed by atoms with Gasteiger partial charge in [-0.2, -0.15) is 0 Å². The first kappa shape index (κ1) is 14.7. The number of hydrogen-bond acceptors (Lipinski definition) is 2. The van der Waals surface area contributed by atoms with Gasteiger partial charge in [-0.1, -0.05) is 44.9 Å². The maximum atomic E-state index is 11.0. The summed E-state index contributed by atoms with van der Waals surface area (Å²) in [7, 11) is 0. The van der Waals surface area contributed by atoms with Gasteiger partial charge in [0, 0.05) is 0 Å². The Bertz CT molecular complexity index is 373. The third-order valence-corrected chi connectivity index (χ3v) is 3.41. The van der Waals surface area contributed by atoms with Crippen LogP contribution in [0.2, 0.25) is 0 Å². The Balaban J connectivity index is 2.42. The van der Waals surface area contributed by atoms with Gasteiger partial charge in [-0.05, 0) is 37.1 Å². The van der Waals surface area contributed by atoms with E-state index in [1.54, 1.807) is 12.1 Å². The molecule has 0 aliphatic heterocycles. The van der Waals surface area contributed by atoms with Crippen LogP contribution in [0.1, 0.15) is 42.6 Å². The molecule has 0 radical (unpaired) electrons. The third kappa shape index (κ3) is 4.49. The van der Waals surface area contributed by atoms with Gasteiger partial charge in [0.25, 0.3) is 0 Å². The molecule has 3 nitrogen and oxygen atoms in total. The topological polar surface area (TPSA) is 49.3 Å². The van der Waals surface area contributed by atoms with Gasteiger partial charge in [0.2, 0.25) is 0 Å². The zero-order chi connectivity index (χ0) is 13.4. The minimum Gasteiger partial charge on any atom is -0.478 e. The molecule has 1 rings (SSSR count). The molecular formula is C15H23NO2. The van der Waals surface area contributed by atoms with Gasteiger partial charge in [0.15, 0.2) is 0 Å². The van der Waals surface area contributed by atoms with Crippen molar-refractivity contribution < 1.29 is 9.90 Å². The predicted molar refractivity (Wildman–Crippen MR) is 74.0 cm³/mol. The number of nitrogens with one attached hydrogen (secondary N) is 1. The Morgan fingerprint density at radius 3 is 2.56 bits per heavy atom. The average molecular weight is 249 g/mol. The molecule has 0 fully saturated rings. The number of aromatic carboxylic acids is 1. The van der Waals surface area contributed by atoms with E-state index < -0.39 is 5.97 Å². The first-order chi connectivity index (χ1) is 8.69. The van der Waals surface area contributed by atoms with E-state index in [0.717, 1.165) is 31.0 Å². The first-order valence-electron chi connectivity index (χ1n) is 6.70. The van der Waals surface area contributed by atoms with E-state index in [-0.39, 0.29) is 0 Å². The summed E-state index contributed by atoms with van der Waals surface area (Å²) in [4.78, 5) is 11.0. The number of carbonyl (C=O) groups is 1. The number of benzene rings is 1. The fraction of sp³-hybridized carbons (Fsp3) is 0.533. The molecule has 1 aromatic carbocycles. The first-order valence-corrected chi connectivity index (χ1v) is 6.70. The van der Waals surface area contributed by atoms with Crippen LogP contribution < -0.4 is 5.32 Å². The monoisotopic (exact) mass is 249 g/mol. The highest BCUT2D eigenvalue weighted by molar-refractivity contribution is 5.89. The molecular weight excluding hydrogens is 226 g/mol. The van der Waals surface area contributed by atoms with Gasteiger partial charge in [0.05, 0.1) is 5.56 Å². The normalized spacial score (nSPS) is 10.8. The molecule has 1 aromatic rings. The Hall–Kier alpha value is -1.35. The van der Waals surface area contributed by atoms with Crippen molar-refractivity contribution in [2.45, 2.75) is 33.1 Å². The molecule has 0 aliphatic carbocycles. The maximum absolute atomic E-state index is 11.0. The van der Waals surface area contributed by atoms with Gasteiger partial charge < -0.3 is 10.4 Å². The number of carboxylic acids is 1. The lowest BCUT2D eigenvalue weighted by molar-refractivity contribution is 0.0695. The van der Waals surface area contributed by atoms with E-state index >= 15 is 0 Å². The zero-order valence-corrected chi connectivity index (χ0v) is 11.3. The summed E-state index contributed by atoms with van der Waals surface area (Å²) < 4.78 is 0. The molecule has 0 atom stereocenters. The van der Waals surface area contributed by atoms with Crippen LogP contribution in [-0.4, -0.2) is 24.2 Å². The lowest BCUT2D eigenvalue weighted by Crippen LogP contribution is -2.24. The highest BCUT2D eigenvalue weighted by atomic mass is 16.4. The number of rotatable bonds is 8. The lowest BCUT2D eigenvalue weighted by Gasteiger charge is -2.13. The third-order valence-electron chi connectivity index (χ3n) is 3.41. The van der Waals surface area contributed by atoms with E-state index in [9.17, 15) is 4.79 Å². The van der Waals surface area contributed by atoms with Crippen molar-refractivity contribution >= 4 is 5.97 Å². The minimum atomic E-state index is -0.842. The molecule has 0 aliphatic rings. The summed E-state index contributed by atoms with van der Waals surface area (Å²) >= 11 is 0. The molecule has 0 saturated heterocycles. The second-order valence-electron chi connectivity index (χ2n) is 4.60. The smallest absolute Gasteiger partial charge is 0.335 e. The van der Waals surface area contributed by atoms with Crippen molar-refractivity contribution in [1.29, 1.82) is 0 Å². The molecule has 0 heterocycles. The quantitative estimate of drug-likeness (QED) is 0.696. The molecule has 0 amide bonds. The average Bonchev–Trinajstić information content (AvgIpc) is 2.39. The van der Waals surface area contributed by atoms with Gasteiger partial charge in [-0.25, -0.2) is 4.79 Å². The van der Waals surface area contributed by atoms with Crippen molar-refractivity contribution in [2.24, 2.45) is 5.92 Å². The SMILES string of the molecule is CCC(CC)CNCCc1ccccc1C(=O)O. The van der Waals surface area contributed by atoms with Crippen molar-refractivity contribution in [2.75, 3.05) is 13.1 Å². The van der Waals surface area contributed by atoms with Crippen molar-refractivity contribution in [3.8, 4) is 0 Å². The number of carboxylic acid groups (broad SMARTS) is 1. The summed E-state index contributed by atoms with van der Waals surface area (Å²) in [5.74, 6) is -0.120. The van der Waals surface area contributed by atoms with Crippen molar-refractivity contribution in [1.82, 2.24) is 5.32 Å². The second kappa shape index (κ2) is 7.88. The highest BCUT2D eigenvalue weighted by Crippen LogP contribution is 2.09. The van der Waals surface area contributed by atoms with Crippen molar-refractivity contribution in [3.05, 3.63) is 35.4 Å². The fourth-order valence-corrected chi connectivity index (χ4v) is 2.05. The van der Waals surface area contributed by atoms with Gasteiger partial charge in [-0.3, -0.25) is 0 Å². The minimum absolute atomic E-state index is 0.418. The lowest BCUT2D eigenvalue weighted by atomic mass is 10.0. The van der Waals surface area contributed by atoms with Crippen LogP contribution in [0.5, 0.6) is 0 Å². The van der Waals surface area contributed by atoms with Gasteiger partial charge in [0.1, 0.15) is 0 Å².